The van der Waals surface area contributed by atoms with Crippen molar-refractivity contribution in [3.63, 3.8) is 0 Å². The Balaban J connectivity index is 1.19. The van der Waals surface area contributed by atoms with Crippen molar-refractivity contribution >= 4 is 33.8 Å². The summed E-state index contributed by atoms with van der Waals surface area (Å²) >= 11 is 10.3. The fourth-order valence-electron chi connectivity index (χ4n) is 5.44. The van der Waals surface area contributed by atoms with Crippen LogP contribution in [0.2, 0.25) is 5.02 Å². The first kappa shape index (κ1) is 31.9. The van der Waals surface area contributed by atoms with Gasteiger partial charge in [-0.15, -0.1) is 0 Å². The molecule has 0 atom stereocenters. The lowest BCUT2D eigenvalue weighted by atomic mass is 9.95. The van der Waals surface area contributed by atoms with Gasteiger partial charge in [-0.25, -0.2) is 0 Å². The summed E-state index contributed by atoms with van der Waals surface area (Å²) in [5, 5.41) is 14.3. The number of nitrogens with zero attached hydrogens (tertiary/aromatic N) is 4. The van der Waals surface area contributed by atoms with Gasteiger partial charge >= 0.3 is 0 Å². The van der Waals surface area contributed by atoms with Gasteiger partial charge in [-0.05, 0) is 70.6 Å². The van der Waals surface area contributed by atoms with E-state index in [2.05, 4.69) is 42.0 Å². The first-order valence-electron chi connectivity index (χ1n) is 14.9. The molecule has 1 N–H and O–H groups in total. The Morgan fingerprint density at radius 2 is 1.78 bits per heavy atom. The van der Waals surface area contributed by atoms with Crippen LogP contribution < -0.4 is 9.47 Å². The van der Waals surface area contributed by atoms with E-state index in [1.165, 1.54) is 0 Å². The molecular formula is C35H32BrClN4O5. The van der Waals surface area contributed by atoms with Crippen LogP contribution in [0.15, 0.2) is 82.1 Å². The molecule has 0 aliphatic carbocycles. The van der Waals surface area contributed by atoms with Gasteiger partial charge in [0.1, 0.15) is 24.7 Å². The van der Waals surface area contributed by atoms with Gasteiger partial charge in [0.15, 0.2) is 12.1 Å². The predicted octanol–water partition coefficient (Wildman–Crippen LogP) is 7.45. The summed E-state index contributed by atoms with van der Waals surface area (Å²) < 4.78 is 18.6. The van der Waals surface area contributed by atoms with Gasteiger partial charge in [0.05, 0.1) is 23.2 Å². The van der Waals surface area contributed by atoms with Crippen LogP contribution in [-0.2, 0) is 19.8 Å². The van der Waals surface area contributed by atoms with E-state index in [9.17, 15) is 9.90 Å². The number of aliphatic hydroxyl groups is 1. The van der Waals surface area contributed by atoms with Crippen molar-refractivity contribution in [3.05, 3.63) is 111 Å². The predicted molar refractivity (Wildman–Crippen MR) is 178 cm³/mol. The number of hydrogen-bond acceptors (Lipinski definition) is 9. The molecule has 0 unspecified atom stereocenters. The van der Waals surface area contributed by atoms with E-state index in [0.717, 1.165) is 63.8 Å². The number of hydrogen-bond donors (Lipinski definition) is 1. The smallest absolute Gasteiger partial charge is 0.258 e. The lowest BCUT2D eigenvalue weighted by Crippen LogP contribution is -2.35. The van der Waals surface area contributed by atoms with E-state index in [-0.39, 0.29) is 19.3 Å². The minimum absolute atomic E-state index is 0.218. The van der Waals surface area contributed by atoms with Crippen LogP contribution in [0.25, 0.3) is 22.6 Å². The summed E-state index contributed by atoms with van der Waals surface area (Å²) in [6.45, 7) is 4.71. The van der Waals surface area contributed by atoms with Gasteiger partial charge in [-0.1, -0.05) is 53.2 Å². The van der Waals surface area contributed by atoms with Crippen LogP contribution in [0.5, 0.6) is 11.5 Å². The second kappa shape index (κ2) is 14.6. The van der Waals surface area contributed by atoms with Crippen LogP contribution in [0.1, 0.15) is 45.7 Å². The van der Waals surface area contributed by atoms with E-state index in [1.807, 2.05) is 49.4 Å². The molecular weight excluding hydrogens is 672 g/mol. The second-order valence-corrected chi connectivity index (χ2v) is 12.4. The molecule has 0 saturated carbocycles. The van der Waals surface area contributed by atoms with Gasteiger partial charge in [0.2, 0.25) is 0 Å². The van der Waals surface area contributed by atoms with Crippen molar-refractivity contribution in [2.75, 3.05) is 13.1 Å². The normalized spacial score (nSPS) is 13.9. The van der Waals surface area contributed by atoms with E-state index >= 15 is 0 Å². The van der Waals surface area contributed by atoms with Gasteiger partial charge in [0.25, 0.3) is 5.89 Å². The van der Waals surface area contributed by atoms with E-state index < -0.39 is 0 Å². The Kier molecular flexibility index (Phi) is 10.1. The van der Waals surface area contributed by atoms with Crippen molar-refractivity contribution in [3.8, 4) is 34.1 Å². The minimum Gasteiger partial charge on any atom is -0.488 e. The highest BCUT2D eigenvalue weighted by Crippen LogP contribution is 2.38. The van der Waals surface area contributed by atoms with E-state index in [0.29, 0.717) is 46.6 Å². The third kappa shape index (κ3) is 7.31. The van der Waals surface area contributed by atoms with Crippen LogP contribution >= 0.6 is 27.5 Å². The molecule has 1 aliphatic heterocycles. The molecule has 0 radical (unpaired) electrons. The van der Waals surface area contributed by atoms with Crippen molar-refractivity contribution < 1.29 is 23.9 Å². The molecule has 0 bridgehead atoms. The molecule has 0 amide bonds. The van der Waals surface area contributed by atoms with Crippen LogP contribution in [-0.4, -0.2) is 50.6 Å². The topological polar surface area (TPSA) is 111 Å². The fourth-order valence-corrected chi connectivity index (χ4v) is 6.26. The molecule has 3 heterocycles. The highest BCUT2D eigenvalue weighted by molar-refractivity contribution is 9.10. The van der Waals surface area contributed by atoms with E-state index in [1.54, 1.807) is 24.5 Å². The Morgan fingerprint density at radius 3 is 2.57 bits per heavy atom. The number of aldehydes is 1. The highest BCUT2D eigenvalue weighted by atomic mass is 79.9. The summed E-state index contributed by atoms with van der Waals surface area (Å²) in [5.41, 5.74) is 5.96. The zero-order valence-corrected chi connectivity index (χ0v) is 27.5. The van der Waals surface area contributed by atoms with E-state index in [4.69, 9.17) is 25.6 Å². The Morgan fingerprint density at radius 1 is 1.02 bits per heavy atom. The number of carbonyl (C=O) groups excluding carboxylic acids is 1. The van der Waals surface area contributed by atoms with Crippen LogP contribution in [0.4, 0.5) is 0 Å². The molecule has 3 aromatic carbocycles. The number of halogens is 2. The van der Waals surface area contributed by atoms with Crippen molar-refractivity contribution in [2.24, 2.45) is 0 Å². The summed E-state index contributed by atoms with van der Waals surface area (Å²) in [6.07, 6.45) is 5.39. The quantitative estimate of drug-likeness (QED) is 0.140. The number of likely N-dealkylation sites (tertiary alicyclic amines) is 1. The minimum atomic E-state index is -0.227. The molecule has 1 aliphatic rings. The third-order valence-corrected chi connectivity index (χ3v) is 9.25. The molecule has 6 rings (SSSR count). The average Bonchev–Trinajstić information content (AvgIpc) is 3.54. The first-order valence-corrected chi connectivity index (χ1v) is 16.1. The lowest BCUT2D eigenvalue weighted by Gasteiger charge is -2.28. The monoisotopic (exact) mass is 702 g/mol. The lowest BCUT2D eigenvalue weighted by molar-refractivity contribution is 0.0777. The number of aliphatic hydroxyl groups excluding tert-OH is 1. The number of aromatic nitrogens is 3. The van der Waals surface area contributed by atoms with Crippen molar-refractivity contribution in [1.82, 2.24) is 20.0 Å². The van der Waals surface area contributed by atoms with Crippen molar-refractivity contribution in [1.29, 1.82) is 0 Å². The maximum absolute atomic E-state index is 11.7. The molecule has 236 valence electrons. The summed E-state index contributed by atoms with van der Waals surface area (Å²) in [6, 6.07) is 18.9. The van der Waals surface area contributed by atoms with Gasteiger partial charge in [-0.3, -0.25) is 14.7 Å². The maximum Gasteiger partial charge on any atom is 0.258 e. The van der Waals surface area contributed by atoms with Crippen molar-refractivity contribution in [2.45, 2.75) is 45.6 Å². The molecule has 1 fully saturated rings. The third-order valence-electron chi connectivity index (χ3n) is 8.01. The molecule has 11 heteroatoms. The number of benzene rings is 3. The largest absolute Gasteiger partial charge is 0.488 e. The molecule has 1 saturated heterocycles. The Bertz CT molecular complexity index is 1830. The van der Waals surface area contributed by atoms with Crippen LogP contribution in [0, 0.1) is 6.92 Å². The number of carbonyl (C=O) groups is 1. The molecule has 2 aromatic heterocycles. The van der Waals surface area contributed by atoms with Gasteiger partial charge in [0, 0.05) is 52.7 Å². The Hall–Kier alpha value is -4.09. The Labute approximate surface area is 280 Å². The fraction of sp³-hybridized carbons (Fsp3) is 0.257. The number of ether oxygens (including phenoxy) is 2. The zero-order valence-electron chi connectivity index (χ0n) is 25.2. The SMILES string of the molecule is Cc1c(-c2nc(CN3CCC(O)CC3)no2)cccc1-c1cccc(COc2cc(OCc3cccnc3)c(C=O)cc2Cl)c1Br. The summed E-state index contributed by atoms with van der Waals surface area (Å²) in [4.78, 5) is 22.7. The van der Waals surface area contributed by atoms with Gasteiger partial charge in [-0.2, -0.15) is 4.98 Å². The maximum atomic E-state index is 11.7. The van der Waals surface area contributed by atoms with Gasteiger partial charge < -0.3 is 19.1 Å². The number of rotatable bonds is 11. The molecule has 46 heavy (non-hydrogen) atoms. The number of piperidine rings is 1. The number of pyridine rings is 1. The summed E-state index contributed by atoms with van der Waals surface area (Å²) in [5.74, 6) is 1.87. The average molecular weight is 704 g/mol. The second-order valence-electron chi connectivity index (χ2n) is 11.2. The molecule has 0 spiro atoms. The standard InChI is InChI=1S/C35H32BrClN4O5/c1-22-27(7-3-8-28(22)35-39-33(40-46-35)18-41-13-10-26(43)11-14-41)29-9-2-6-24(34(29)36)21-45-32-16-31(25(19-42)15-30(32)37)44-20-23-5-4-12-38-17-23/h2-9,12,15-17,19,26,43H,10-11,13-14,18,20-21H2,1H3. The molecule has 9 nitrogen and oxygen atoms in total. The highest BCUT2D eigenvalue weighted by Gasteiger charge is 2.21. The first-order chi connectivity index (χ1) is 22.4. The summed E-state index contributed by atoms with van der Waals surface area (Å²) in [7, 11) is 0. The molecule has 5 aromatic rings. The zero-order chi connectivity index (χ0) is 32.0. The van der Waals surface area contributed by atoms with Crippen LogP contribution in [0.3, 0.4) is 0 Å².